The number of rotatable bonds is 2. The molecule has 1 atom stereocenters. The van der Waals surface area contributed by atoms with E-state index in [1.807, 2.05) is 44.5 Å². The van der Waals surface area contributed by atoms with Crippen molar-refractivity contribution in [1.29, 1.82) is 0 Å². The van der Waals surface area contributed by atoms with E-state index in [0.717, 1.165) is 41.8 Å². The second-order valence-corrected chi connectivity index (χ2v) is 10.6. The van der Waals surface area contributed by atoms with Crippen LogP contribution in [-0.4, -0.2) is 56.6 Å². The fourth-order valence-electron chi connectivity index (χ4n) is 4.53. The number of alkyl halides is 3. The Balaban J connectivity index is 0.000000351. The third-order valence-electron chi connectivity index (χ3n) is 6.54. The molecule has 1 saturated carbocycles. The second kappa shape index (κ2) is 19.2. The van der Waals surface area contributed by atoms with Gasteiger partial charge in [0.2, 0.25) is 5.82 Å². The van der Waals surface area contributed by atoms with Crippen LogP contribution in [0.25, 0.3) is 5.70 Å². The number of halogens is 3. The van der Waals surface area contributed by atoms with Crippen LogP contribution in [0.5, 0.6) is 0 Å². The molecular weight excluding hydrogens is 581 g/mol. The molecular formula is C33H49F3N8O. The third-order valence-corrected chi connectivity index (χ3v) is 6.54. The van der Waals surface area contributed by atoms with Crippen LogP contribution in [0.4, 0.5) is 13.2 Å². The number of nitrogens with one attached hydrogen (secondary N) is 3. The minimum atomic E-state index is -4.64. The van der Waals surface area contributed by atoms with Gasteiger partial charge in [-0.15, -0.1) is 0 Å². The maximum Gasteiger partial charge on any atom is 0.451 e. The fourth-order valence-corrected chi connectivity index (χ4v) is 4.53. The molecule has 1 unspecified atom stereocenters. The highest BCUT2D eigenvalue weighted by Crippen LogP contribution is 2.30. The summed E-state index contributed by atoms with van der Waals surface area (Å²) in [4.78, 5) is 24.5. The van der Waals surface area contributed by atoms with Crippen LogP contribution in [-0.2, 0) is 6.18 Å². The molecule has 3 aliphatic heterocycles. The van der Waals surface area contributed by atoms with E-state index in [2.05, 4.69) is 63.1 Å². The minimum Gasteiger partial charge on any atom is -0.366 e. The predicted molar refractivity (Wildman–Crippen MR) is 176 cm³/mol. The Morgan fingerprint density at radius 2 is 1.87 bits per heavy atom. The predicted octanol–water partition coefficient (Wildman–Crippen LogP) is 7.53. The molecule has 1 aliphatic carbocycles. The highest BCUT2D eigenvalue weighted by atomic mass is 19.4. The number of hydrogen-bond acceptors (Lipinski definition) is 7. The Morgan fingerprint density at radius 3 is 2.47 bits per heavy atom. The Labute approximate surface area is 266 Å². The molecule has 0 spiro atoms. The van der Waals surface area contributed by atoms with Gasteiger partial charge in [0.1, 0.15) is 11.9 Å². The number of fused-ring (bicyclic) bond motifs is 1. The summed E-state index contributed by atoms with van der Waals surface area (Å²) in [5.74, 6) is -0.819. The average Bonchev–Trinajstić information content (AvgIpc) is 3.71. The van der Waals surface area contributed by atoms with Crippen LogP contribution < -0.4 is 10.6 Å². The molecule has 248 valence electrons. The molecule has 2 aromatic heterocycles. The van der Waals surface area contributed by atoms with Crippen LogP contribution in [0.15, 0.2) is 71.8 Å². The first-order valence-corrected chi connectivity index (χ1v) is 15.6. The smallest absolute Gasteiger partial charge is 0.366 e. The largest absolute Gasteiger partial charge is 0.451 e. The molecule has 1 amide bonds. The summed E-state index contributed by atoms with van der Waals surface area (Å²) in [6.07, 6.45) is 15.8. The van der Waals surface area contributed by atoms with Gasteiger partial charge in [0, 0.05) is 38.0 Å². The van der Waals surface area contributed by atoms with E-state index in [0.29, 0.717) is 19.5 Å². The summed E-state index contributed by atoms with van der Waals surface area (Å²) in [5.41, 5.74) is 4.47. The number of aromatic nitrogens is 4. The van der Waals surface area contributed by atoms with Crippen LogP contribution >= 0.6 is 0 Å². The first kappa shape index (κ1) is 37.0. The van der Waals surface area contributed by atoms with Crippen molar-refractivity contribution in [3.05, 3.63) is 83.9 Å². The van der Waals surface area contributed by atoms with E-state index in [9.17, 15) is 18.0 Å². The standard InChI is InChI=1S/C13H14F3N3O.C9H9N5.C6H10.C3H8.C2H6.H2/c14-13(15,16)12-17-7-6-10(18-12)11(20)19-8-4-2-1-3-5-9-19;1-2-10-9-7(1)8(11-5-12-9)6-3-13-14-4-6;1-5-3-6(2)4-5;1-3-2;1-2;/h1-2,6-7H,3-5,8-9H2;1-5,9-10H,(H,11,12)(H,13,14);6H,1,3-4H2,2H3;3H2,1-2H3;1-2H3;1H/b2-1+;;;;;. The van der Waals surface area contributed by atoms with Crippen molar-refractivity contribution < 1.29 is 19.4 Å². The summed E-state index contributed by atoms with van der Waals surface area (Å²) in [6.45, 7) is 15.3. The lowest BCUT2D eigenvalue weighted by Gasteiger charge is -2.23. The number of allylic oxidation sites excluding steroid dienone is 2. The molecule has 0 saturated heterocycles. The van der Waals surface area contributed by atoms with Gasteiger partial charge < -0.3 is 15.5 Å². The molecule has 0 bridgehead atoms. The molecule has 6 rings (SSSR count). The Bertz CT molecular complexity index is 1310. The summed E-state index contributed by atoms with van der Waals surface area (Å²) in [6, 6.07) is 1.21. The van der Waals surface area contributed by atoms with Crippen molar-refractivity contribution in [3.63, 3.8) is 0 Å². The van der Waals surface area contributed by atoms with Crippen molar-refractivity contribution >= 4 is 17.9 Å². The van der Waals surface area contributed by atoms with Crippen molar-refractivity contribution in [2.75, 3.05) is 13.1 Å². The Morgan fingerprint density at radius 1 is 1.16 bits per heavy atom. The number of amides is 1. The summed E-state index contributed by atoms with van der Waals surface area (Å²) in [7, 11) is 0. The van der Waals surface area contributed by atoms with Gasteiger partial charge in [0.05, 0.1) is 18.2 Å². The molecule has 5 heterocycles. The number of aliphatic imine (C=N–C) groups is 1. The second-order valence-electron chi connectivity index (χ2n) is 10.6. The van der Waals surface area contributed by atoms with Crippen molar-refractivity contribution in [1.82, 2.24) is 35.7 Å². The summed E-state index contributed by atoms with van der Waals surface area (Å²) < 4.78 is 37.6. The molecule has 4 aliphatic rings. The molecule has 45 heavy (non-hydrogen) atoms. The van der Waals surface area contributed by atoms with E-state index in [1.165, 1.54) is 35.8 Å². The maximum absolute atomic E-state index is 12.5. The number of hydrogen-bond donors (Lipinski definition) is 3. The molecule has 0 radical (unpaired) electrons. The van der Waals surface area contributed by atoms with Gasteiger partial charge in [0.15, 0.2) is 0 Å². The molecule has 12 heteroatoms. The highest BCUT2D eigenvalue weighted by Gasteiger charge is 2.35. The van der Waals surface area contributed by atoms with Crippen LogP contribution in [0.1, 0.15) is 96.4 Å². The monoisotopic (exact) mass is 630 g/mol. The lowest BCUT2D eigenvalue weighted by atomic mass is 9.83. The van der Waals surface area contributed by atoms with Crippen molar-refractivity contribution in [3.8, 4) is 0 Å². The third kappa shape index (κ3) is 12.0. The Kier molecular flexibility index (Phi) is 15.8. The lowest BCUT2D eigenvalue weighted by molar-refractivity contribution is -0.145. The van der Waals surface area contributed by atoms with E-state index < -0.39 is 17.9 Å². The van der Waals surface area contributed by atoms with Gasteiger partial charge in [-0.3, -0.25) is 9.89 Å². The number of carbonyl (C=O) groups is 1. The van der Waals surface area contributed by atoms with Gasteiger partial charge in [-0.25, -0.2) is 15.0 Å². The van der Waals surface area contributed by atoms with Crippen molar-refractivity contribution in [2.24, 2.45) is 10.9 Å². The SMILES string of the molecule is C1=CC2=C(c3cn[nH]c3)NC=NC2N1.C=C1CC(C)C1.CC.CCC.O=C(c1ccnc(C(F)(F)F)n1)N1CC/C=C/CCC1.[HH]. The van der Waals surface area contributed by atoms with Crippen LogP contribution in [0.3, 0.4) is 0 Å². The topological polar surface area (TPSA) is 111 Å². The quantitative estimate of drug-likeness (QED) is 0.296. The van der Waals surface area contributed by atoms with Gasteiger partial charge in [-0.2, -0.15) is 18.3 Å². The zero-order valence-corrected chi connectivity index (χ0v) is 27.0. The number of H-pyrrole nitrogens is 1. The summed E-state index contributed by atoms with van der Waals surface area (Å²) >= 11 is 0. The van der Waals surface area contributed by atoms with E-state index in [-0.39, 0.29) is 13.3 Å². The van der Waals surface area contributed by atoms with Gasteiger partial charge in [0.25, 0.3) is 5.91 Å². The van der Waals surface area contributed by atoms with Gasteiger partial charge in [-0.1, -0.05) is 65.3 Å². The van der Waals surface area contributed by atoms with Gasteiger partial charge in [-0.05, 0) is 56.4 Å². The highest BCUT2D eigenvalue weighted by molar-refractivity contribution is 5.92. The lowest BCUT2D eigenvalue weighted by Crippen LogP contribution is -2.34. The number of carbonyl (C=O) groups excluding carboxylic acids is 1. The molecule has 3 N–H and O–H groups in total. The van der Waals surface area contributed by atoms with Crippen LogP contribution in [0.2, 0.25) is 0 Å². The minimum absolute atomic E-state index is 0. The average molecular weight is 631 g/mol. The van der Waals surface area contributed by atoms with E-state index in [1.54, 1.807) is 12.5 Å². The first-order chi connectivity index (χ1) is 21.6. The van der Waals surface area contributed by atoms with Crippen molar-refractivity contribution in [2.45, 2.75) is 85.5 Å². The zero-order chi connectivity index (χ0) is 33.2. The van der Waals surface area contributed by atoms with Crippen LogP contribution in [0, 0.1) is 5.92 Å². The van der Waals surface area contributed by atoms with E-state index in [4.69, 9.17) is 0 Å². The first-order valence-electron chi connectivity index (χ1n) is 15.6. The van der Waals surface area contributed by atoms with E-state index >= 15 is 0 Å². The number of nitrogens with zero attached hydrogens (tertiary/aromatic N) is 5. The Hall–Kier alpha value is -4.22. The number of aromatic amines is 1. The fraction of sp³-hybridized carbons (Fsp3) is 0.485. The molecule has 0 aromatic carbocycles. The summed E-state index contributed by atoms with van der Waals surface area (Å²) in [5, 5.41) is 13.0. The van der Waals surface area contributed by atoms with Gasteiger partial charge >= 0.3 is 6.18 Å². The maximum atomic E-state index is 12.5. The molecule has 9 nitrogen and oxygen atoms in total. The molecule has 1 fully saturated rings. The molecule has 2 aromatic rings. The normalized spacial score (nSPS) is 19.1. The zero-order valence-electron chi connectivity index (χ0n) is 27.0.